The zero-order chi connectivity index (χ0) is 11.5. The summed E-state index contributed by atoms with van der Waals surface area (Å²) in [6.07, 6.45) is 0.948. The number of thiazole rings is 1. The molecule has 0 spiro atoms. The number of nitrogens with one attached hydrogen (secondary N) is 1. The number of aryl methyl sites for hydroxylation is 1. The van der Waals surface area contributed by atoms with E-state index in [0.29, 0.717) is 6.54 Å². The Hall–Kier alpha value is -0.940. The Bertz CT molecular complexity index is 346. The van der Waals surface area contributed by atoms with Gasteiger partial charge in [-0.25, -0.2) is 4.98 Å². The number of hydrogen-bond acceptors (Lipinski definition) is 4. The Labute approximate surface area is 93.9 Å². The maximum Gasteiger partial charge on any atom is 0.237 e. The fourth-order valence-electron chi connectivity index (χ4n) is 0.991. The molecule has 15 heavy (non-hydrogen) atoms. The fourth-order valence-corrected chi connectivity index (χ4v) is 1.74. The number of hydrogen-bond donors (Lipinski definition) is 2. The van der Waals surface area contributed by atoms with Crippen molar-refractivity contribution < 1.29 is 4.79 Å². The second kappa shape index (κ2) is 4.72. The molecular weight excluding hydrogens is 210 g/mol. The van der Waals surface area contributed by atoms with Crippen LogP contribution in [0, 0.1) is 0 Å². The molecule has 1 aromatic heterocycles. The van der Waals surface area contributed by atoms with Gasteiger partial charge in [-0.05, 0) is 20.3 Å². The van der Waals surface area contributed by atoms with Gasteiger partial charge < -0.3 is 5.73 Å². The van der Waals surface area contributed by atoms with Crippen molar-refractivity contribution in [2.75, 3.05) is 0 Å². The van der Waals surface area contributed by atoms with Crippen molar-refractivity contribution in [3.63, 3.8) is 0 Å². The van der Waals surface area contributed by atoms with Crippen molar-refractivity contribution in [3.05, 3.63) is 16.1 Å². The highest BCUT2D eigenvalue weighted by Gasteiger charge is 2.23. The van der Waals surface area contributed by atoms with Crippen molar-refractivity contribution in [2.24, 2.45) is 5.73 Å². The first-order valence-corrected chi connectivity index (χ1v) is 5.82. The minimum atomic E-state index is -0.685. The van der Waals surface area contributed by atoms with Crippen molar-refractivity contribution in [1.82, 2.24) is 10.3 Å². The molecule has 3 N–H and O–H groups in total. The number of nitrogens with two attached hydrogens (primary N) is 1. The summed E-state index contributed by atoms with van der Waals surface area (Å²) in [5.74, 6) is -0.353. The molecule has 0 atom stereocenters. The van der Waals surface area contributed by atoms with Crippen molar-refractivity contribution >= 4 is 17.2 Å². The predicted molar refractivity (Wildman–Crippen MR) is 61.6 cm³/mol. The van der Waals surface area contributed by atoms with Crippen molar-refractivity contribution in [3.8, 4) is 0 Å². The van der Waals surface area contributed by atoms with E-state index in [0.717, 1.165) is 17.1 Å². The molecule has 0 unspecified atom stereocenters. The number of amides is 1. The summed E-state index contributed by atoms with van der Waals surface area (Å²) >= 11 is 1.64. The lowest BCUT2D eigenvalue weighted by atomic mass is 10.1. The van der Waals surface area contributed by atoms with Crippen LogP contribution in [-0.4, -0.2) is 16.4 Å². The summed E-state index contributed by atoms with van der Waals surface area (Å²) in [4.78, 5) is 15.4. The molecule has 0 bridgehead atoms. The Morgan fingerprint density at radius 3 is 2.80 bits per heavy atom. The Morgan fingerprint density at radius 1 is 1.67 bits per heavy atom. The van der Waals surface area contributed by atoms with E-state index in [-0.39, 0.29) is 5.91 Å². The van der Waals surface area contributed by atoms with Crippen LogP contribution in [0.25, 0.3) is 0 Å². The van der Waals surface area contributed by atoms with Crippen LogP contribution in [0.4, 0.5) is 0 Å². The average molecular weight is 227 g/mol. The SMILES string of the molecule is CCc1nc(CNC(C)(C)C(N)=O)cs1. The van der Waals surface area contributed by atoms with E-state index < -0.39 is 5.54 Å². The van der Waals surface area contributed by atoms with Gasteiger partial charge in [0.2, 0.25) is 5.91 Å². The molecular formula is C10H17N3OS. The molecule has 0 aliphatic carbocycles. The van der Waals surface area contributed by atoms with E-state index in [1.807, 2.05) is 5.38 Å². The van der Waals surface area contributed by atoms with Gasteiger partial charge in [-0.1, -0.05) is 6.92 Å². The molecule has 1 rings (SSSR count). The van der Waals surface area contributed by atoms with Crippen molar-refractivity contribution in [2.45, 2.75) is 39.3 Å². The highest BCUT2D eigenvalue weighted by molar-refractivity contribution is 7.09. The fraction of sp³-hybridized carbons (Fsp3) is 0.600. The first-order valence-electron chi connectivity index (χ1n) is 4.94. The number of primary amides is 1. The quantitative estimate of drug-likeness (QED) is 0.790. The predicted octanol–water partition coefficient (Wildman–Crippen LogP) is 1.06. The van der Waals surface area contributed by atoms with Gasteiger partial charge in [-0.15, -0.1) is 11.3 Å². The lowest BCUT2D eigenvalue weighted by molar-refractivity contribution is -0.123. The number of carbonyl (C=O) groups is 1. The van der Waals surface area contributed by atoms with E-state index in [1.54, 1.807) is 25.2 Å². The molecule has 0 fully saturated rings. The summed E-state index contributed by atoms with van der Waals surface area (Å²) < 4.78 is 0. The lowest BCUT2D eigenvalue weighted by Gasteiger charge is -2.21. The van der Waals surface area contributed by atoms with Crippen LogP contribution in [0.1, 0.15) is 31.5 Å². The van der Waals surface area contributed by atoms with Crippen LogP contribution in [0.5, 0.6) is 0 Å². The van der Waals surface area contributed by atoms with Gasteiger partial charge in [0.25, 0.3) is 0 Å². The van der Waals surface area contributed by atoms with Gasteiger partial charge in [0.05, 0.1) is 16.2 Å². The van der Waals surface area contributed by atoms with Gasteiger partial charge in [0.15, 0.2) is 0 Å². The molecule has 0 aromatic carbocycles. The summed E-state index contributed by atoms with van der Waals surface area (Å²) in [5, 5.41) is 6.20. The van der Waals surface area contributed by atoms with E-state index >= 15 is 0 Å². The van der Waals surface area contributed by atoms with Crippen LogP contribution in [0.3, 0.4) is 0 Å². The molecule has 0 saturated carbocycles. The average Bonchev–Trinajstić information content (AvgIpc) is 2.62. The van der Waals surface area contributed by atoms with E-state index in [2.05, 4.69) is 17.2 Å². The topological polar surface area (TPSA) is 68.0 Å². The zero-order valence-corrected chi connectivity index (χ0v) is 10.1. The summed E-state index contributed by atoms with van der Waals surface area (Å²) in [6, 6.07) is 0. The monoisotopic (exact) mass is 227 g/mol. The first kappa shape index (κ1) is 12.1. The number of rotatable bonds is 5. The molecule has 1 heterocycles. The minimum Gasteiger partial charge on any atom is -0.368 e. The third-order valence-electron chi connectivity index (χ3n) is 2.23. The zero-order valence-electron chi connectivity index (χ0n) is 9.33. The minimum absolute atomic E-state index is 0.353. The maximum atomic E-state index is 11.0. The first-order chi connectivity index (χ1) is 6.95. The van der Waals surface area contributed by atoms with E-state index in [9.17, 15) is 4.79 Å². The van der Waals surface area contributed by atoms with Crippen LogP contribution >= 0.6 is 11.3 Å². The molecule has 0 aliphatic heterocycles. The maximum absolute atomic E-state index is 11.0. The van der Waals surface area contributed by atoms with Gasteiger partial charge in [0, 0.05) is 11.9 Å². The smallest absolute Gasteiger partial charge is 0.237 e. The van der Waals surface area contributed by atoms with Gasteiger partial charge in [0.1, 0.15) is 0 Å². The Morgan fingerprint density at radius 2 is 2.33 bits per heavy atom. The molecule has 4 nitrogen and oxygen atoms in total. The lowest BCUT2D eigenvalue weighted by Crippen LogP contribution is -2.50. The number of aromatic nitrogens is 1. The second-order valence-corrected chi connectivity index (χ2v) is 4.87. The van der Waals surface area contributed by atoms with Crippen molar-refractivity contribution in [1.29, 1.82) is 0 Å². The molecule has 1 aromatic rings. The third-order valence-corrected chi connectivity index (χ3v) is 3.27. The molecule has 0 radical (unpaired) electrons. The normalized spacial score (nSPS) is 11.7. The van der Waals surface area contributed by atoms with E-state index in [4.69, 9.17) is 5.73 Å². The second-order valence-electron chi connectivity index (χ2n) is 3.93. The van der Waals surface area contributed by atoms with Crippen LogP contribution in [0.2, 0.25) is 0 Å². The van der Waals surface area contributed by atoms with E-state index in [1.165, 1.54) is 0 Å². The van der Waals surface area contributed by atoms with Gasteiger partial charge in [-0.3, -0.25) is 10.1 Å². The van der Waals surface area contributed by atoms with Crippen LogP contribution in [0.15, 0.2) is 5.38 Å². The molecule has 84 valence electrons. The number of nitrogens with zero attached hydrogens (tertiary/aromatic N) is 1. The molecule has 0 saturated heterocycles. The van der Waals surface area contributed by atoms with Gasteiger partial charge in [-0.2, -0.15) is 0 Å². The van der Waals surface area contributed by atoms with Crippen LogP contribution < -0.4 is 11.1 Å². The summed E-state index contributed by atoms with van der Waals surface area (Å²) in [6.45, 7) is 6.18. The molecule has 0 aliphatic rings. The standard InChI is InChI=1S/C10H17N3OS/c1-4-8-13-7(6-15-8)5-12-10(2,3)9(11)14/h6,12H,4-5H2,1-3H3,(H2,11,14). The Balaban J connectivity index is 2.53. The summed E-state index contributed by atoms with van der Waals surface area (Å²) in [5.41, 5.74) is 5.53. The molecule has 5 heteroatoms. The van der Waals surface area contributed by atoms with Gasteiger partial charge >= 0.3 is 0 Å². The summed E-state index contributed by atoms with van der Waals surface area (Å²) in [7, 11) is 0. The largest absolute Gasteiger partial charge is 0.368 e. The third kappa shape index (κ3) is 3.28. The Kier molecular flexibility index (Phi) is 3.82. The highest BCUT2D eigenvalue weighted by atomic mass is 32.1. The highest BCUT2D eigenvalue weighted by Crippen LogP contribution is 2.11. The number of carbonyl (C=O) groups excluding carboxylic acids is 1. The van der Waals surface area contributed by atoms with Crippen LogP contribution in [-0.2, 0) is 17.8 Å². The molecule has 1 amide bonds.